The number of nitrogens with zero attached hydrogens (tertiary/aromatic N) is 3. The van der Waals surface area contributed by atoms with E-state index in [0.717, 1.165) is 15.0 Å². The van der Waals surface area contributed by atoms with Gasteiger partial charge in [-0.3, -0.25) is 14.4 Å². The van der Waals surface area contributed by atoms with E-state index in [1.165, 1.54) is 6.21 Å². The van der Waals surface area contributed by atoms with Crippen LogP contribution >= 0.6 is 22.6 Å². The molecule has 1 aromatic carbocycles. The van der Waals surface area contributed by atoms with Crippen molar-refractivity contribution in [3.63, 3.8) is 0 Å². The van der Waals surface area contributed by atoms with Gasteiger partial charge in [-0.05, 0) is 65.5 Å². The van der Waals surface area contributed by atoms with Crippen molar-refractivity contribution >= 4 is 46.5 Å². The summed E-state index contributed by atoms with van der Waals surface area (Å²) in [7, 11) is 0. The molecule has 1 aromatic rings. The van der Waals surface area contributed by atoms with Gasteiger partial charge >= 0.3 is 0 Å². The highest BCUT2D eigenvalue weighted by molar-refractivity contribution is 14.1. The van der Waals surface area contributed by atoms with Crippen LogP contribution in [0.3, 0.4) is 0 Å². The summed E-state index contributed by atoms with van der Waals surface area (Å²) in [5.41, 5.74) is 0.665. The Morgan fingerprint density at radius 1 is 1.15 bits per heavy atom. The molecule has 3 amide bonds. The molecule has 9 nitrogen and oxygen atoms in total. The molecule has 2 aliphatic carbocycles. The van der Waals surface area contributed by atoms with Crippen molar-refractivity contribution in [1.82, 2.24) is 9.91 Å². The van der Waals surface area contributed by atoms with Gasteiger partial charge in [0.15, 0.2) is 18.1 Å². The van der Waals surface area contributed by atoms with Gasteiger partial charge in [0.05, 0.1) is 41.4 Å². The summed E-state index contributed by atoms with van der Waals surface area (Å²) in [6.07, 6.45) is 6.50. The van der Waals surface area contributed by atoms with Gasteiger partial charge < -0.3 is 19.1 Å². The van der Waals surface area contributed by atoms with Crippen LogP contribution in [0.25, 0.3) is 0 Å². The average molecular weight is 579 g/mol. The summed E-state index contributed by atoms with van der Waals surface area (Å²) in [6.45, 7) is 4.34. The number of fused-ring (bicyclic) bond motifs is 5. The third-order valence-electron chi connectivity index (χ3n) is 6.80. The fraction of sp³-hybridized carbons (Fsp3) is 0.500. The second-order valence-corrected chi connectivity index (χ2v) is 9.94. The molecular weight excluding hydrogens is 553 g/mol. The molecule has 1 saturated carbocycles. The minimum Gasteiger partial charge on any atom is -0.490 e. The average Bonchev–Trinajstić information content (AvgIpc) is 3.52. The Kier molecular flexibility index (Phi) is 6.61. The highest BCUT2D eigenvalue weighted by atomic mass is 127. The van der Waals surface area contributed by atoms with Crippen LogP contribution in [0, 0.1) is 27.2 Å². The number of amides is 3. The lowest BCUT2D eigenvalue weighted by Crippen LogP contribution is -2.43. The number of hydrazone groups is 1. The molecule has 0 unspecified atom stereocenters. The van der Waals surface area contributed by atoms with Crippen LogP contribution in [0.2, 0.25) is 0 Å². The Morgan fingerprint density at radius 2 is 1.82 bits per heavy atom. The summed E-state index contributed by atoms with van der Waals surface area (Å²) in [4.78, 5) is 39.9. The normalized spacial score (nSPS) is 27.7. The lowest BCUT2D eigenvalue weighted by molar-refractivity contribution is -0.140. The van der Waals surface area contributed by atoms with Gasteiger partial charge in [0.25, 0.3) is 17.7 Å². The third kappa shape index (κ3) is 4.21. The molecular formula is C24H26IN3O6. The van der Waals surface area contributed by atoms with E-state index in [0.29, 0.717) is 50.0 Å². The number of carbonyl (C=O) groups is 3. The molecule has 2 saturated heterocycles. The summed E-state index contributed by atoms with van der Waals surface area (Å²) >= 11 is 2.12. The lowest BCUT2D eigenvalue weighted by Gasteiger charge is -2.27. The molecule has 0 aromatic heterocycles. The summed E-state index contributed by atoms with van der Waals surface area (Å²) in [5.74, 6) is 0.149. The van der Waals surface area contributed by atoms with Crippen molar-refractivity contribution < 1.29 is 28.6 Å². The number of halogens is 1. The van der Waals surface area contributed by atoms with Crippen molar-refractivity contribution in [2.24, 2.45) is 28.8 Å². The van der Waals surface area contributed by atoms with E-state index in [-0.39, 0.29) is 48.0 Å². The summed E-state index contributed by atoms with van der Waals surface area (Å²) in [5, 5.41) is 5.28. The first-order valence-corrected chi connectivity index (χ1v) is 12.6. The lowest BCUT2D eigenvalue weighted by atomic mass is 9.85. The fourth-order valence-electron chi connectivity index (χ4n) is 5.23. The fourth-order valence-corrected chi connectivity index (χ4v) is 6.01. The van der Waals surface area contributed by atoms with E-state index in [1.54, 1.807) is 11.0 Å². The predicted octanol–water partition coefficient (Wildman–Crippen LogP) is 2.07. The molecule has 0 N–H and O–H groups in total. The van der Waals surface area contributed by atoms with E-state index in [4.69, 9.17) is 14.2 Å². The predicted molar refractivity (Wildman–Crippen MR) is 130 cm³/mol. The van der Waals surface area contributed by atoms with E-state index in [1.807, 2.05) is 13.0 Å². The monoisotopic (exact) mass is 579 g/mol. The number of benzene rings is 1. The molecule has 2 heterocycles. The molecule has 4 atom stereocenters. The first kappa shape index (κ1) is 23.3. The zero-order chi connectivity index (χ0) is 23.8. The molecule has 0 radical (unpaired) electrons. The van der Waals surface area contributed by atoms with Gasteiger partial charge in [-0.25, -0.2) is 0 Å². The molecule has 2 aliphatic heterocycles. The summed E-state index contributed by atoms with van der Waals surface area (Å²) in [6, 6.07) is 3.55. The highest BCUT2D eigenvalue weighted by Gasteiger charge is 2.59. The first-order chi connectivity index (χ1) is 16.5. The van der Waals surface area contributed by atoms with Crippen LogP contribution in [0.5, 0.6) is 11.5 Å². The number of morpholine rings is 1. The molecule has 180 valence electrons. The zero-order valence-electron chi connectivity index (χ0n) is 18.8. The zero-order valence-corrected chi connectivity index (χ0v) is 21.0. The van der Waals surface area contributed by atoms with Gasteiger partial charge in [0.1, 0.15) is 0 Å². The minimum atomic E-state index is -0.279. The molecule has 4 aliphatic rings. The quantitative estimate of drug-likeness (QED) is 0.213. The van der Waals surface area contributed by atoms with Gasteiger partial charge in [0, 0.05) is 13.1 Å². The smallest absolute Gasteiger partial charge is 0.260 e. The van der Waals surface area contributed by atoms with Crippen LogP contribution in [0.4, 0.5) is 0 Å². The standard InChI is InChI=1S/C24H26IN3O6/c1-2-33-18-10-14(9-17(25)22(18)34-13-19(29)27-5-7-32-8-6-27)12-26-28-23(30)20-15-3-4-16(11-15)21(20)24(28)31/h3-4,9-10,12,15-16,20-21H,2,5-8,11,13H2,1H3/t15-,16-,20-,21+/m0/s1. The van der Waals surface area contributed by atoms with Gasteiger partial charge in [-0.15, -0.1) is 0 Å². The van der Waals surface area contributed by atoms with Crippen molar-refractivity contribution in [3.8, 4) is 11.5 Å². The van der Waals surface area contributed by atoms with Crippen LogP contribution in [0.15, 0.2) is 29.4 Å². The van der Waals surface area contributed by atoms with E-state index >= 15 is 0 Å². The SMILES string of the molecule is CCOc1cc(C=NN2C(=O)[C@@H]3[C@H](C2=O)[C@H]2C=C[C@H]3C2)cc(I)c1OCC(=O)N1CCOCC1. The Hall–Kier alpha value is -2.47. The maximum Gasteiger partial charge on any atom is 0.260 e. The highest BCUT2D eigenvalue weighted by Crippen LogP contribution is 2.52. The number of carbonyl (C=O) groups excluding carboxylic acids is 3. The molecule has 10 heteroatoms. The van der Waals surface area contributed by atoms with Gasteiger partial charge in [0.2, 0.25) is 0 Å². The topological polar surface area (TPSA) is 97.7 Å². The Labute approximate surface area is 211 Å². The van der Waals surface area contributed by atoms with Crippen molar-refractivity contribution in [3.05, 3.63) is 33.4 Å². The van der Waals surface area contributed by atoms with Crippen molar-refractivity contribution in [2.75, 3.05) is 39.5 Å². The number of imide groups is 1. The number of hydrogen-bond acceptors (Lipinski definition) is 7. The van der Waals surface area contributed by atoms with E-state index in [2.05, 4.69) is 39.8 Å². The molecule has 34 heavy (non-hydrogen) atoms. The van der Waals surface area contributed by atoms with Crippen molar-refractivity contribution in [1.29, 1.82) is 0 Å². The first-order valence-electron chi connectivity index (χ1n) is 11.5. The maximum atomic E-state index is 12.8. The Balaban J connectivity index is 1.30. The summed E-state index contributed by atoms with van der Waals surface area (Å²) < 4.78 is 17.6. The van der Waals surface area contributed by atoms with E-state index < -0.39 is 0 Å². The maximum absolute atomic E-state index is 12.8. The van der Waals surface area contributed by atoms with Crippen LogP contribution in [0.1, 0.15) is 18.9 Å². The van der Waals surface area contributed by atoms with Crippen LogP contribution < -0.4 is 9.47 Å². The molecule has 5 rings (SSSR count). The minimum absolute atomic E-state index is 0.0978. The second-order valence-electron chi connectivity index (χ2n) is 8.78. The number of allylic oxidation sites excluding steroid dienone is 2. The molecule has 2 bridgehead atoms. The number of hydrogen-bond donors (Lipinski definition) is 0. The molecule has 3 fully saturated rings. The van der Waals surface area contributed by atoms with Crippen LogP contribution in [-0.2, 0) is 19.1 Å². The largest absolute Gasteiger partial charge is 0.490 e. The van der Waals surface area contributed by atoms with Gasteiger partial charge in [-0.1, -0.05) is 12.2 Å². The van der Waals surface area contributed by atoms with Crippen molar-refractivity contribution in [2.45, 2.75) is 13.3 Å². The Morgan fingerprint density at radius 3 is 2.47 bits per heavy atom. The number of ether oxygens (including phenoxy) is 3. The third-order valence-corrected chi connectivity index (χ3v) is 7.61. The van der Waals surface area contributed by atoms with E-state index in [9.17, 15) is 14.4 Å². The van der Waals surface area contributed by atoms with Gasteiger partial charge in [-0.2, -0.15) is 10.1 Å². The number of rotatable bonds is 7. The second kappa shape index (κ2) is 9.65. The van der Waals surface area contributed by atoms with Crippen LogP contribution in [-0.4, -0.2) is 73.4 Å². The Bertz CT molecular complexity index is 1040. The molecule has 0 spiro atoms.